The van der Waals surface area contributed by atoms with Crippen LogP contribution in [0.1, 0.15) is 37.8 Å². The fourth-order valence-electron chi connectivity index (χ4n) is 9.63. The van der Waals surface area contributed by atoms with Gasteiger partial charge in [0.05, 0.1) is 56.7 Å². The van der Waals surface area contributed by atoms with Gasteiger partial charge in [0, 0.05) is 65.5 Å². The number of aromatic nitrogens is 14. The van der Waals surface area contributed by atoms with Gasteiger partial charge >= 0.3 is 0 Å². The minimum atomic E-state index is -0.304. The van der Waals surface area contributed by atoms with E-state index in [1.807, 2.05) is 99.0 Å². The van der Waals surface area contributed by atoms with Crippen LogP contribution in [0.3, 0.4) is 0 Å². The number of hydrogen-bond acceptors (Lipinski definition) is 12. The average Bonchev–Trinajstić information content (AvgIpc) is 4.49. The number of aromatic amines is 4. The molecule has 3 aromatic carbocycles. The standard InChI is InChI=1S/C31H21FN8.C28H23FN8.C2H6/c1-18(19-5-3-2-4-6-19)35-23-15-21(16-33-17-23)24-11-12-26-29(36-24)30(40-39-26)31-37-25-13-14-34-27(28(25)38-31)20-7-9-22(32)10-8-20;29-20-5-3-18(4-6-20)24-25-22(9-10-31-24)33-28(34-25)27-26-23(35-36-27)8-7-21(32-26)19-13-17(14-30-15-19)16-37-11-1-2-12-37;1-2/h2-17,35H,1H2,(H,37,38)(H,39,40);3-10,13-15H,1-2,11-12,16H2,(H,33,34)(H,35,36);1-2H3. The second-order valence-corrected chi connectivity index (χ2v) is 18.6. The number of imidazole rings is 2. The van der Waals surface area contributed by atoms with Crippen LogP contribution in [0.15, 0.2) is 171 Å². The van der Waals surface area contributed by atoms with Crippen LogP contribution in [-0.2, 0) is 6.54 Å². The third-order valence-corrected chi connectivity index (χ3v) is 13.4. The van der Waals surface area contributed by atoms with Crippen molar-refractivity contribution in [2.45, 2.75) is 33.2 Å². The largest absolute Gasteiger partial charge is 0.354 e. The number of rotatable bonds is 11. The first-order chi connectivity index (χ1) is 38.8. The lowest BCUT2D eigenvalue weighted by Crippen LogP contribution is -2.18. The van der Waals surface area contributed by atoms with Gasteiger partial charge in [-0.3, -0.25) is 35.0 Å². The van der Waals surface area contributed by atoms with Crippen molar-refractivity contribution in [3.05, 3.63) is 194 Å². The molecule has 1 aliphatic heterocycles. The van der Waals surface area contributed by atoms with Gasteiger partial charge < -0.3 is 15.3 Å². The fourth-order valence-corrected chi connectivity index (χ4v) is 9.63. The topological polar surface area (TPSA) is 207 Å². The quantitative estimate of drug-likeness (QED) is 0.0820. The number of halogens is 2. The molecule has 0 radical (unpaired) electrons. The van der Waals surface area contributed by atoms with Crippen molar-refractivity contribution in [2.75, 3.05) is 18.4 Å². The van der Waals surface area contributed by atoms with E-state index in [2.05, 4.69) is 73.2 Å². The number of pyridine rings is 6. The van der Waals surface area contributed by atoms with Crippen molar-refractivity contribution in [3.8, 4) is 68.1 Å². The van der Waals surface area contributed by atoms with Crippen LogP contribution in [0.4, 0.5) is 14.5 Å². The van der Waals surface area contributed by atoms with Gasteiger partial charge in [-0.1, -0.05) is 50.8 Å². The molecule has 11 heterocycles. The van der Waals surface area contributed by atoms with Crippen LogP contribution >= 0.6 is 0 Å². The first-order valence-corrected chi connectivity index (χ1v) is 25.9. The van der Waals surface area contributed by atoms with Crippen LogP contribution in [-0.4, -0.2) is 88.2 Å². The summed E-state index contributed by atoms with van der Waals surface area (Å²) in [6.07, 6.45) is 13.2. The highest BCUT2D eigenvalue weighted by atomic mass is 19.1. The van der Waals surface area contributed by atoms with Crippen LogP contribution in [0, 0.1) is 11.6 Å². The van der Waals surface area contributed by atoms with E-state index in [0.29, 0.717) is 51.0 Å². The highest BCUT2D eigenvalue weighted by Gasteiger charge is 2.21. The first kappa shape index (κ1) is 49.7. The van der Waals surface area contributed by atoms with Gasteiger partial charge in [0.25, 0.3) is 0 Å². The SMILES string of the molecule is C=C(Nc1cncc(-c2ccc3[nH]nc(-c4nc5c(-c6ccc(F)cc6)nccc5[nH]4)c3n2)c1)c1ccccc1.CC.Fc1ccc(-c2nccc3[nH]c(-c4n[nH]c5ccc(-c6cncc(CN7CCCC7)c6)nc45)nc23)cc1. The zero-order valence-electron chi connectivity index (χ0n) is 43.0. The van der Waals surface area contributed by atoms with E-state index in [4.69, 9.17) is 19.9 Å². The molecule has 1 fully saturated rings. The third kappa shape index (κ3) is 10.3. The second kappa shape index (κ2) is 21.8. The summed E-state index contributed by atoms with van der Waals surface area (Å²) in [6, 6.07) is 38.0. The van der Waals surface area contributed by atoms with Crippen molar-refractivity contribution in [3.63, 3.8) is 0 Å². The van der Waals surface area contributed by atoms with E-state index in [-0.39, 0.29) is 11.6 Å². The smallest absolute Gasteiger partial charge is 0.161 e. The van der Waals surface area contributed by atoms with Crippen LogP contribution in [0.2, 0.25) is 0 Å². The fraction of sp³-hybridized carbons (Fsp3) is 0.115. The second-order valence-electron chi connectivity index (χ2n) is 18.6. The summed E-state index contributed by atoms with van der Waals surface area (Å²) in [4.78, 5) is 46.6. The molecule has 0 unspecified atom stereocenters. The Morgan fingerprint density at radius 2 is 1.04 bits per heavy atom. The van der Waals surface area contributed by atoms with Crippen molar-refractivity contribution in [1.82, 2.24) is 75.1 Å². The Morgan fingerprint density at radius 1 is 0.532 bits per heavy atom. The molecular weight excluding hydrogens is 995 g/mol. The van der Waals surface area contributed by atoms with E-state index in [1.54, 1.807) is 49.1 Å². The molecule has 0 aliphatic carbocycles. The molecule has 1 saturated heterocycles. The number of benzene rings is 3. The predicted molar refractivity (Wildman–Crippen MR) is 306 cm³/mol. The first-order valence-electron chi connectivity index (χ1n) is 25.9. The zero-order chi connectivity index (χ0) is 53.8. The van der Waals surface area contributed by atoms with E-state index in [9.17, 15) is 8.78 Å². The summed E-state index contributed by atoms with van der Waals surface area (Å²) in [5.41, 5.74) is 17.2. The number of H-pyrrole nitrogens is 4. The van der Waals surface area contributed by atoms with Crippen molar-refractivity contribution >= 4 is 55.5 Å². The molecule has 388 valence electrons. The highest BCUT2D eigenvalue weighted by molar-refractivity contribution is 5.97. The van der Waals surface area contributed by atoms with Gasteiger partial charge in [0.15, 0.2) is 23.0 Å². The Kier molecular flexibility index (Phi) is 13.7. The summed E-state index contributed by atoms with van der Waals surface area (Å²) in [7, 11) is 0. The summed E-state index contributed by atoms with van der Waals surface area (Å²) in [5.74, 6) is 0.541. The molecule has 0 amide bonds. The van der Waals surface area contributed by atoms with Crippen molar-refractivity contribution < 1.29 is 8.78 Å². The maximum atomic E-state index is 13.5. The monoisotopic (exact) mass is 1040 g/mol. The number of fused-ring (bicyclic) bond motifs is 4. The van der Waals surface area contributed by atoms with Gasteiger partial charge in [-0.2, -0.15) is 10.2 Å². The Morgan fingerprint density at radius 3 is 1.58 bits per heavy atom. The molecule has 13 aromatic rings. The molecule has 14 rings (SSSR count). The van der Waals surface area contributed by atoms with Gasteiger partial charge in [0.1, 0.15) is 33.7 Å². The maximum Gasteiger partial charge on any atom is 0.161 e. The summed E-state index contributed by atoms with van der Waals surface area (Å²) < 4.78 is 26.9. The zero-order valence-corrected chi connectivity index (χ0v) is 43.0. The van der Waals surface area contributed by atoms with E-state index >= 15 is 0 Å². The average molecular weight is 1050 g/mol. The van der Waals surface area contributed by atoms with Crippen LogP contribution in [0.5, 0.6) is 0 Å². The number of nitrogens with zero attached hydrogens (tertiary/aromatic N) is 11. The molecule has 0 saturated carbocycles. The Bertz CT molecular complexity index is 4290. The maximum absolute atomic E-state index is 13.5. The lowest BCUT2D eigenvalue weighted by molar-refractivity contribution is 0.331. The summed E-state index contributed by atoms with van der Waals surface area (Å²) in [5, 5.41) is 18.5. The number of hydrogen-bond donors (Lipinski definition) is 5. The molecule has 0 bridgehead atoms. The molecule has 10 aromatic heterocycles. The van der Waals surface area contributed by atoms with E-state index < -0.39 is 0 Å². The van der Waals surface area contributed by atoms with Gasteiger partial charge in [-0.15, -0.1) is 0 Å². The number of nitrogens with one attached hydrogen (secondary N) is 5. The van der Waals surface area contributed by atoms with E-state index in [1.165, 1.54) is 42.7 Å². The third-order valence-electron chi connectivity index (χ3n) is 13.4. The number of anilines is 1. The van der Waals surface area contributed by atoms with Crippen molar-refractivity contribution in [2.24, 2.45) is 0 Å². The Hall–Kier alpha value is -10.2. The lowest BCUT2D eigenvalue weighted by Gasteiger charge is -2.14. The van der Waals surface area contributed by atoms with E-state index in [0.717, 1.165) is 97.8 Å². The summed E-state index contributed by atoms with van der Waals surface area (Å²) in [6.45, 7) is 11.3. The van der Waals surface area contributed by atoms with Crippen LogP contribution in [0.25, 0.3) is 118 Å². The van der Waals surface area contributed by atoms with Gasteiger partial charge in [-0.25, -0.2) is 28.7 Å². The lowest BCUT2D eigenvalue weighted by atomic mass is 10.1. The Balaban J connectivity index is 0.000000153. The minimum absolute atomic E-state index is 0.291. The predicted octanol–water partition coefficient (Wildman–Crippen LogP) is 13.2. The summed E-state index contributed by atoms with van der Waals surface area (Å²) >= 11 is 0. The highest BCUT2D eigenvalue weighted by Crippen LogP contribution is 2.34. The molecule has 0 atom stereocenters. The molecule has 5 N–H and O–H groups in total. The van der Waals surface area contributed by atoms with Gasteiger partial charge in [-0.05, 0) is 134 Å². The van der Waals surface area contributed by atoms with Crippen molar-refractivity contribution in [1.29, 1.82) is 0 Å². The van der Waals surface area contributed by atoms with Gasteiger partial charge in [0.2, 0.25) is 0 Å². The normalized spacial score (nSPS) is 12.4. The molecular formula is C61H50F2N16. The number of likely N-dealkylation sites (tertiary alicyclic amines) is 1. The molecule has 16 nitrogen and oxygen atoms in total. The molecule has 0 spiro atoms. The molecule has 79 heavy (non-hydrogen) atoms. The molecule has 18 heteroatoms. The molecule has 1 aliphatic rings. The minimum Gasteiger partial charge on any atom is -0.354 e. The van der Waals surface area contributed by atoms with Crippen LogP contribution < -0.4 is 5.32 Å². The Labute approximate surface area is 451 Å².